The Labute approximate surface area is 117 Å². The maximum absolute atomic E-state index is 11.7. The van der Waals surface area contributed by atoms with E-state index in [1.807, 2.05) is 24.4 Å². The smallest absolute Gasteiger partial charge is 0.305 e. The SMILES string of the molecule is CC(CC(=O)O)NC(=O)CCc1ccc2[nH]ccc2c1. The van der Waals surface area contributed by atoms with Crippen LogP contribution >= 0.6 is 0 Å². The van der Waals surface area contributed by atoms with Gasteiger partial charge in [-0.2, -0.15) is 0 Å². The molecule has 0 aliphatic heterocycles. The minimum absolute atomic E-state index is 0.0545. The fraction of sp³-hybridized carbons (Fsp3) is 0.333. The third kappa shape index (κ3) is 3.85. The van der Waals surface area contributed by atoms with Gasteiger partial charge in [0, 0.05) is 24.2 Å². The van der Waals surface area contributed by atoms with E-state index in [0.29, 0.717) is 12.8 Å². The van der Waals surface area contributed by atoms with Crippen molar-refractivity contribution in [2.24, 2.45) is 0 Å². The van der Waals surface area contributed by atoms with Gasteiger partial charge in [-0.25, -0.2) is 0 Å². The number of hydrogen-bond donors (Lipinski definition) is 3. The van der Waals surface area contributed by atoms with Crippen LogP contribution in [0.2, 0.25) is 0 Å². The lowest BCUT2D eigenvalue weighted by molar-refractivity contribution is -0.137. The number of fused-ring (bicyclic) bond motifs is 1. The largest absolute Gasteiger partial charge is 0.481 e. The van der Waals surface area contributed by atoms with Crippen molar-refractivity contribution in [3.05, 3.63) is 36.0 Å². The Morgan fingerprint density at radius 1 is 1.35 bits per heavy atom. The molecule has 0 radical (unpaired) electrons. The van der Waals surface area contributed by atoms with E-state index in [1.165, 1.54) is 0 Å². The number of nitrogens with one attached hydrogen (secondary N) is 2. The molecule has 0 saturated carbocycles. The number of carboxylic acid groups (broad SMARTS) is 1. The average molecular weight is 274 g/mol. The van der Waals surface area contributed by atoms with E-state index in [0.717, 1.165) is 16.5 Å². The molecule has 0 spiro atoms. The van der Waals surface area contributed by atoms with E-state index < -0.39 is 5.97 Å². The van der Waals surface area contributed by atoms with Gasteiger partial charge in [-0.15, -0.1) is 0 Å². The minimum Gasteiger partial charge on any atom is -0.481 e. The Hall–Kier alpha value is -2.30. The van der Waals surface area contributed by atoms with Crippen LogP contribution in [0.4, 0.5) is 0 Å². The average Bonchev–Trinajstić information content (AvgIpc) is 2.82. The molecule has 0 aliphatic rings. The molecular weight excluding hydrogens is 256 g/mol. The lowest BCUT2D eigenvalue weighted by Gasteiger charge is -2.11. The number of amides is 1. The van der Waals surface area contributed by atoms with Crippen LogP contribution in [0.15, 0.2) is 30.5 Å². The topological polar surface area (TPSA) is 82.2 Å². The van der Waals surface area contributed by atoms with Crippen LogP contribution in [0, 0.1) is 0 Å². The molecule has 20 heavy (non-hydrogen) atoms. The number of aromatic nitrogens is 1. The number of rotatable bonds is 6. The number of hydrogen-bond acceptors (Lipinski definition) is 2. The molecule has 2 aromatic rings. The Morgan fingerprint density at radius 2 is 2.15 bits per heavy atom. The first-order valence-electron chi connectivity index (χ1n) is 6.62. The van der Waals surface area contributed by atoms with Gasteiger partial charge in [-0.05, 0) is 42.5 Å². The van der Waals surface area contributed by atoms with Crippen LogP contribution in [-0.4, -0.2) is 28.0 Å². The fourth-order valence-electron chi connectivity index (χ4n) is 2.18. The number of aliphatic carboxylic acids is 1. The molecule has 5 nitrogen and oxygen atoms in total. The van der Waals surface area contributed by atoms with E-state index in [9.17, 15) is 9.59 Å². The summed E-state index contributed by atoms with van der Waals surface area (Å²) in [7, 11) is 0. The number of carbonyl (C=O) groups excluding carboxylic acids is 1. The van der Waals surface area contributed by atoms with Crippen molar-refractivity contribution in [2.75, 3.05) is 0 Å². The van der Waals surface area contributed by atoms with E-state index in [4.69, 9.17) is 5.11 Å². The zero-order chi connectivity index (χ0) is 14.5. The first-order valence-corrected chi connectivity index (χ1v) is 6.62. The van der Waals surface area contributed by atoms with E-state index in [-0.39, 0.29) is 18.4 Å². The molecule has 0 saturated heterocycles. The van der Waals surface area contributed by atoms with Crippen molar-refractivity contribution in [1.29, 1.82) is 0 Å². The summed E-state index contributed by atoms with van der Waals surface area (Å²) >= 11 is 0. The first-order chi connectivity index (χ1) is 9.54. The lowest BCUT2D eigenvalue weighted by Crippen LogP contribution is -2.34. The molecule has 0 bridgehead atoms. The standard InChI is InChI=1S/C15H18N2O3/c1-10(8-15(19)20)17-14(18)5-3-11-2-4-13-12(9-11)6-7-16-13/h2,4,6-7,9-10,16H,3,5,8H2,1H3,(H,17,18)(H,19,20). The predicted molar refractivity (Wildman–Crippen MR) is 76.5 cm³/mol. The van der Waals surface area contributed by atoms with Gasteiger partial charge < -0.3 is 15.4 Å². The van der Waals surface area contributed by atoms with Crippen LogP contribution in [0.5, 0.6) is 0 Å². The van der Waals surface area contributed by atoms with Gasteiger partial charge in [0.15, 0.2) is 0 Å². The van der Waals surface area contributed by atoms with Crippen molar-refractivity contribution in [1.82, 2.24) is 10.3 Å². The van der Waals surface area contributed by atoms with Gasteiger partial charge in [-0.3, -0.25) is 9.59 Å². The Morgan fingerprint density at radius 3 is 2.90 bits per heavy atom. The van der Waals surface area contributed by atoms with Crippen LogP contribution in [0.1, 0.15) is 25.3 Å². The van der Waals surface area contributed by atoms with Crippen molar-refractivity contribution in [3.63, 3.8) is 0 Å². The second kappa shape index (κ2) is 6.23. The monoisotopic (exact) mass is 274 g/mol. The highest BCUT2D eigenvalue weighted by atomic mass is 16.4. The van der Waals surface area contributed by atoms with Crippen LogP contribution in [0.3, 0.4) is 0 Å². The highest BCUT2D eigenvalue weighted by molar-refractivity contribution is 5.80. The summed E-state index contributed by atoms with van der Waals surface area (Å²) < 4.78 is 0. The van der Waals surface area contributed by atoms with E-state index in [1.54, 1.807) is 6.92 Å². The fourth-order valence-corrected chi connectivity index (χ4v) is 2.18. The van der Waals surface area contributed by atoms with Gasteiger partial charge in [0.25, 0.3) is 0 Å². The second-order valence-corrected chi connectivity index (χ2v) is 4.97. The second-order valence-electron chi connectivity index (χ2n) is 4.97. The number of aryl methyl sites for hydroxylation is 1. The molecule has 3 N–H and O–H groups in total. The summed E-state index contributed by atoms with van der Waals surface area (Å²) in [6.45, 7) is 1.69. The normalized spacial score (nSPS) is 12.2. The molecule has 1 unspecified atom stereocenters. The Balaban J connectivity index is 1.84. The molecule has 0 fully saturated rings. The Bertz CT molecular complexity index is 618. The first kappa shape index (κ1) is 14.1. The summed E-state index contributed by atoms with van der Waals surface area (Å²) in [6, 6.07) is 7.70. The van der Waals surface area contributed by atoms with Crippen molar-refractivity contribution < 1.29 is 14.7 Å². The zero-order valence-corrected chi connectivity index (χ0v) is 11.3. The summed E-state index contributed by atoms with van der Waals surface area (Å²) in [5.74, 6) is -1.02. The number of aromatic amines is 1. The molecule has 0 aliphatic carbocycles. The molecule has 1 atom stereocenters. The molecule has 106 valence electrons. The quantitative estimate of drug-likeness (QED) is 0.754. The highest BCUT2D eigenvalue weighted by Crippen LogP contribution is 2.15. The number of carboxylic acids is 1. The predicted octanol–water partition coefficient (Wildman–Crippen LogP) is 2.08. The number of benzene rings is 1. The number of carbonyl (C=O) groups is 2. The maximum Gasteiger partial charge on any atom is 0.305 e. The van der Waals surface area contributed by atoms with Gasteiger partial charge in [0.05, 0.1) is 6.42 Å². The molecule has 1 amide bonds. The number of H-pyrrole nitrogens is 1. The molecule has 1 aromatic carbocycles. The van der Waals surface area contributed by atoms with E-state index >= 15 is 0 Å². The minimum atomic E-state index is -0.907. The summed E-state index contributed by atoms with van der Waals surface area (Å²) in [4.78, 5) is 25.3. The Kier molecular flexibility index (Phi) is 4.40. The van der Waals surface area contributed by atoms with Crippen molar-refractivity contribution >= 4 is 22.8 Å². The molecule has 1 heterocycles. The molecular formula is C15H18N2O3. The van der Waals surface area contributed by atoms with Gasteiger partial charge in [0.1, 0.15) is 0 Å². The van der Waals surface area contributed by atoms with Crippen LogP contribution in [0.25, 0.3) is 10.9 Å². The summed E-state index contributed by atoms with van der Waals surface area (Å²) in [6.07, 6.45) is 2.84. The van der Waals surface area contributed by atoms with Crippen LogP contribution in [-0.2, 0) is 16.0 Å². The lowest BCUT2D eigenvalue weighted by atomic mass is 10.1. The molecule has 5 heteroatoms. The van der Waals surface area contributed by atoms with Gasteiger partial charge in [0.2, 0.25) is 5.91 Å². The highest BCUT2D eigenvalue weighted by Gasteiger charge is 2.10. The van der Waals surface area contributed by atoms with Gasteiger partial charge >= 0.3 is 5.97 Å². The summed E-state index contributed by atoms with van der Waals surface area (Å²) in [5, 5.41) is 12.4. The van der Waals surface area contributed by atoms with Crippen LogP contribution < -0.4 is 5.32 Å². The summed E-state index contributed by atoms with van der Waals surface area (Å²) in [5.41, 5.74) is 2.17. The third-order valence-electron chi connectivity index (χ3n) is 3.15. The maximum atomic E-state index is 11.7. The van der Waals surface area contributed by atoms with Crippen molar-refractivity contribution in [2.45, 2.75) is 32.2 Å². The molecule has 1 aromatic heterocycles. The zero-order valence-electron chi connectivity index (χ0n) is 11.3. The third-order valence-corrected chi connectivity index (χ3v) is 3.15. The van der Waals surface area contributed by atoms with Crippen molar-refractivity contribution in [3.8, 4) is 0 Å². The van der Waals surface area contributed by atoms with E-state index in [2.05, 4.69) is 16.4 Å². The molecule has 2 rings (SSSR count). The van der Waals surface area contributed by atoms with Gasteiger partial charge in [-0.1, -0.05) is 6.07 Å².